The zero-order valence-corrected chi connectivity index (χ0v) is 14.1. The number of anilines is 1. The Labute approximate surface area is 149 Å². The highest BCUT2D eigenvalue weighted by atomic mass is 16.5. The number of nitrogens with zero attached hydrogens (tertiary/aromatic N) is 5. The van der Waals surface area contributed by atoms with Crippen LogP contribution in [0.4, 0.5) is 5.82 Å². The van der Waals surface area contributed by atoms with Crippen molar-refractivity contribution in [3.05, 3.63) is 67.4 Å². The molecule has 0 spiro atoms. The largest absolute Gasteiger partial charge is 0.358 e. The van der Waals surface area contributed by atoms with Crippen molar-refractivity contribution in [2.75, 3.05) is 12.0 Å². The molecule has 7 nitrogen and oxygen atoms in total. The van der Waals surface area contributed by atoms with E-state index in [9.17, 15) is 0 Å². The van der Waals surface area contributed by atoms with Crippen LogP contribution in [0, 0.1) is 0 Å². The molecular weight excluding hydrogens is 328 g/mol. The number of aromatic nitrogens is 5. The van der Waals surface area contributed by atoms with Gasteiger partial charge in [-0.15, -0.1) is 0 Å². The van der Waals surface area contributed by atoms with Crippen molar-refractivity contribution in [3.63, 3.8) is 0 Å². The van der Waals surface area contributed by atoms with Crippen LogP contribution < -0.4 is 4.90 Å². The van der Waals surface area contributed by atoms with Gasteiger partial charge >= 0.3 is 0 Å². The van der Waals surface area contributed by atoms with Gasteiger partial charge in [-0.1, -0.05) is 18.2 Å². The maximum Gasteiger partial charge on any atom is 0.180 e. The summed E-state index contributed by atoms with van der Waals surface area (Å²) in [7, 11) is 1.68. The molecule has 0 bridgehead atoms. The van der Waals surface area contributed by atoms with E-state index in [-0.39, 0.29) is 6.23 Å². The van der Waals surface area contributed by atoms with Crippen molar-refractivity contribution < 1.29 is 4.74 Å². The molecule has 1 aromatic carbocycles. The van der Waals surface area contributed by atoms with Gasteiger partial charge in [-0.25, -0.2) is 9.97 Å². The molecule has 26 heavy (non-hydrogen) atoms. The molecule has 1 atom stereocenters. The monoisotopic (exact) mass is 344 g/mol. The number of nitrogens with one attached hydrogen (secondary N) is 1. The van der Waals surface area contributed by atoms with Gasteiger partial charge in [0.05, 0.1) is 17.4 Å². The maximum atomic E-state index is 5.57. The Morgan fingerprint density at radius 2 is 2.19 bits per heavy atom. The van der Waals surface area contributed by atoms with Crippen molar-refractivity contribution >= 4 is 22.4 Å². The highest BCUT2D eigenvalue weighted by Crippen LogP contribution is 2.28. The lowest BCUT2D eigenvalue weighted by Gasteiger charge is -2.28. The number of imidazole rings is 1. The summed E-state index contributed by atoms with van der Waals surface area (Å²) in [6, 6.07) is 6.14. The molecule has 0 amide bonds. The van der Waals surface area contributed by atoms with Crippen LogP contribution in [0.5, 0.6) is 0 Å². The van der Waals surface area contributed by atoms with Gasteiger partial charge in [0.25, 0.3) is 0 Å². The third-order valence-corrected chi connectivity index (χ3v) is 4.49. The summed E-state index contributed by atoms with van der Waals surface area (Å²) in [6.45, 7) is 0. The number of methoxy groups -OCH3 is 1. The van der Waals surface area contributed by atoms with Crippen LogP contribution in [0.2, 0.25) is 0 Å². The van der Waals surface area contributed by atoms with Crippen LogP contribution in [0.1, 0.15) is 0 Å². The van der Waals surface area contributed by atoms with Gasteiger partial charge in [0, 0.05) is 42.8 Å². The molecular formula is C19H16N6O. The second-order valence-corrected chi connectivity index (χ2v) is 6.04. The molecule has 3 aromatic heterocycles. The molecule has 128 valence electrons. The zero-order chi connectivity index (χ0) is 17.5. The van der Waals surface area contributed by atoms with Crippen molar-refractivity contribution in [1.82, 2.24) is 24.6 Å². The second kappa shape index (κ2) is 5.82. The van der Waals surface area contributed by atoms with Gasteiger partial charge < -0.3 is 9.14 Å². The SMILES string of the molecule is COC1C=CC=CN1c1nc(-c2ccc3cn[nH]c3c2)cn2ccnc12. The second-order valence-electron chi connectivity index (χ2n) is 6.04. The molecule has 0 saturated carbocycles. The Morgan fingerprint density at radius 3 is 3.12 bits per heavy atom. The Hall–Kier alpha value is -3.45. The van der Waals surface area contributed by atoms with E-state index in [1.807, 2.05) is 64.5 Å². The standard InChI is InChI=1S/C19H16N6O/c1-26-17-4-2-3-8-25(17)19-18-20-7-9-24(18)12-16(22-19)13-5-6-14-11-21-23-15(14)10-13/h2-12,17H,1H3,(H,21,23). The fraction of sp³-hybridized carbons (Fsp3) is 0.105. The van der Waals surface area contributed by atoms with Gasteiger partial charge in [0.2, 0.25) is 0 Å². The van der Waals surface area contributed by atoms with Gasteiger partial charge in [0.1, 0.15) is 0 Å². The van der Waals surface area contributed by atoms with Crippen LogP contribution in [-0.2, 0) is 4.74 Å². The lowest BCUT2D eigenvalue weighted by atomic mass is 10.1. The number of benzene rings is 1. The molecule has 5 rings (SSSR count). The van der Waals surface area contributed by atoms with E-state index < -0.39 is 0 Å². The molecule has 1 unspecified atom stereocenters. The van der Waals surface area contributed by atoms with Crippen molar-refractivity contribution in [2.45, 2.75) is 6.23 Å². The lowest BCUT2D eigenvalue weighted by molar-refractivity contribution is 0.143. The van der Waals surface area contributed by atoms with E-state index in [2.05, 4.69) is 21.2 Å². The predicted molar refractivity (Wildman–Crippen MR) is 99.6 cm³/mol. The molecule has 4 aromatic rings. The summed E-state index contributed by atoms with van der Waals surface area (Å²) in [5.41, 5.74) is 3.61. The van der Waals surface area contributed by atoms with Gasteiger partial charge in [0.15, 0.2) is 17.7 Å². The quantitative estimate of drug-likeness (QED) is 0.618. The maximum absolute atomic E-state index is 5.57. The summed E-state index contributed by atoms with van der Waals surface area (Å²) in [6.07, 6.45) is 15.1. The first-order valence-electron chi connectivity index (χ1n) is 8.27. The van der Waals surface area contributed by atoms with Crippen LogP contribution >= 0.6 is 0 Å². The number of aromatic amines is 1. The number of fused-ring (bicyclic) bond motifs is 2. The van der Waals surface area contributed by atoms with E-state index in [4.69, 9.17) is 9.72 Å². The minimum absolute atomic E-state index is 0.224. The molecule has 4 heterocycles. The van der Waals surface area contributed by atoms with Gasteiger partial charge in [-0.2, -0.15) is 5.10 Å². The molecule has 0 radical (unpaired) electrons. The Balaban J connectivity index is 1.70. The topological polar surface area (TPSA) is 71.3 Å². The summed E-state index contributed by atoms with van der Waals surface area (Å²) < 4.78 is 7.55. The van der Waals surface area contributed by atoms with Crippen LogP contribution in [0.25, 0.3) is 27.8 Å². The lowest BCUT2D eigenvalue weighted by Crippen LogP contribution is -2.33. The third kappa shape index (κ3) is 2.29. The Bertz CT molecular complexity index is 1160. The fourth-order valence-electron chi connectivity index (χ4n) is 3.19. The normalized spacial score (nSPS) is 16.8. The smallest absolute Gasteiger partial charge is 0.180 e. The molecule has 1 N–H and O–H groups in total. The zero-order valence-electron chi connectivity index (χ0n) is 14.1. The first kappa shape index (κ1) is 14.9. The predicted octanol–water partition coefficient (Wildman–Crippen LogP) is 3.14. The van der Waals surface area contributed by atoms with E-state index in [0.717, 1.165) is 33.6 Å². The van der Waals surface area contributed by atoms with E-state index in [0.29, 0.717) is 0 Å². The highest BCUT2D eigenvalue weighted by Gasteiger charge is 2.21. The van der Waals surface area contributed by atoms with Gasteiger partial charge in [-0.3, -0.25) is 10.00 Å². The average molecular weight is 344 g/mol. The van der Waals surface area contributed by atoms with Crippen LogP contribution in [0.15, 0.2) is 67.4 Å². The molecule has 0 saturated heterocycles. The van der Waals surface area contributed by atoms with E-state index >= 15 is 0 Å². The fourth-order valence-corrected chi connectivity index (χ4v) is 3.19. The van der Waals surface area contributed by atoms with Crippen LogP contribution in [0.3, 0.4) is 0 Å². The Morgan fingerprint density at radius 1 is 1.23 bits per heavy atom. The first-order valence-corrected chi connectivity index (χ1v) is 8.27. The van der Waals surface area contributed by atoms with Crippen LogP contribution in [-0.4, -0.2) is 37.9 Å². The number of hydrogen-bond donors (Lipinski definition) is 1. The number of allylic oxidation sites excluding steroid dienone is 2. The van der Waals surface area contributed by atoms with Crippen molar-refractivity contribution in [2.24, 2.45) is 0 Å². The number of rotatable bonds is 3. The molecule has 1 aliphatic heterocycles. The minimum atomic E-state index is -0.224. The molecule has 1 aliphatic rings. The van der Waals surface area contributed by atoms with Crippen molar-refractivity contribution in [1.29, 1.82) is 0 Å². The molecule has 7 heteroatoms. The number of ether oxygens (including phenoxy) is 1. The van der Waals surface area contributed by atoms with E-state index in [1.165, 1.54) is 0 Å². The summed E-state index contributed by atoms with van der Waals surface area (Å²) in [5, 5.41) is 8.17. The Kier molecular flexibility index (Phi) is 3.32. The van der Waals surface area contributed by atoms with Gasteiger partial charge in [-0.05, 0) is 18.2 Å². The molecule has 0 aliphatic carbocycles. The number of hydrogen-bond acceptors (Lipinski definition) is 5. The first-order chi connectivity index (χ1) is 12.8. The highest BCUT2D eigenvalue weighted by molar-refractivity contribution is 5.83. The van der Waals surface area contributed by atoms with E-state index in [1.54, 1.807) is 13.3 Å². The van der Waals surface area contributed by atoms with Crippen molar-refractivity contribution in [3.8, 4) is 11.3 Å². The average Bonchev–Trinajstić information content (AvgIpc) is 3.35. The minimum Gasteiger partial charge on any atom is -0.358 e. The summed E-state index contributed by atoms with van der Waals surface area (Å²) >= 11 is 0. The number of H-pyrrole nitrogens is 1. The molecule has 0 fully saturated rings. The summed E-state index contributed by atoms with van der Waals surface area (Å²) in [4.78, 5) is 11.3. The third-order valence-electron chi connectivity index (χ3n) is 4.49. The summed E-state index contributed by atoms with van der Waals surface area (Å²) in [5.74, 6) is 0.740.